The Hall–Kier alpha value is -3.60. The third kappa shape index (κ3) is 6.83. The van der Waals surface area contributed by atoms with Crippen LogP contribution in [0, 0.1) is 5.82 Å². The summed E-state index contributed by atoms with van der Waals surface area (Å²) in [5.41, 5.74) is 5.84. The van der Waals surface area contributed by atoms with Crippen molar-refractivity contribution in [3.63, 3.8) is 0 Å². The summed E-state index contributed by atoms with van der Waals surface area (Å²) in [5, 5.41) is 6.46. The summed E-state index contributed by atoms with van der Waals surface area (Å²) >= 11 is 1.15. The third-order valence-corrected chi connectivity index (χ3v) is 9.45. The first-order chi connectivity index (χ1) is 19.7. The van der Waals surface area contributed by atoms with Crippen LogP contribution in [0.1, 0.15) is 33.2 Å². The first kappa shape index (κ1) is 28.9. The molecule has 11 nitrogen and oxygen atoms in total. The fourth-order valence-electron chi connectivity index (χ4n) is 4.15. The van der Waals surface area contributed by atoms with E-state index in [2.05, 4.69) is 20.6 Å². The molecule has 5 aromatic rings. The van der Waals surface area contributed by atoms with Crippen molar-refractivity contribution < 1.29 is 30.4 Å². The second kappa shape index (κ2) is 12.5. The fraction of sp³-hybridized carbons (Fsp3) is 0.192. The summed E-state index contributed by atoms with van der Waals surface area (Å²) in [5.74, 6) is -1.62. The summed E-state index contributed by atoms with van der Waals surface area (Å²) in [6, 6.07) is 19.1. The molecule has 0 amide bonds. The van der Waals surface area contributed by atoms with E-state index in [1.807, 2.05) is 41.2 Å². The van der Waals surface area contributed by atoms with E-state index in [0.717, 1.165) is 32.7 Å². The van der Waals surface area contributed by atoms with Gasteiger partial charge in [-0.05, 0) is 34.9 Å². The van der Waals surface area contributed by atoms with E-state index in [0.29, 0.717) is 12.1 Å². The lowest BCUT2D eigenvalue weighted by Gasteiger charge is -2.12. The van der Waals surface area contributed by atoms with Crippen LogP contribution in [-0.4, -0.2) is 39.1 Å². The smallest absolute Gasteiger partial charge is 0.241 e. The van der Waals surface area contributed by atoms with Crippen molar-refractivity contribution >= 4 is 42.3 Å². The van der Waals surface area contributed by atoms with E-state index in [1.54, 1.807) is 19.2 Å². The van der Waals surface area contributed by atoms with Crippen LogP contribution in [0.3, 0.4) is 0 Å². The van der Waals surface area contributed by atoms with Crippen LogP contribution in [0.4, 0.5) is 4.39 Å². The molecule has 5 rings (SSSR count). The molecule has 0 bridgehead atoms. The molecule has 2 N–H and O–H groups in total. The van der Waals surface area contributed by atoms with E-state index >= 15 is 0 Å². The number of rotatable bonds is 12. The number of thiol groups is 1. The van der Waals surface area contributed by atoms with Gasteiger partial charge in [-0.3, -0.25) is 0 Å². The standard InChI is InChI=1S/C26H24FN5O6S3/c1-37-14-16-6-8-17(9-7-16)18-10-11-21-22(12-18)39-26(29-21)24(25-31-30-23(38-25)13-28-32-40(33)34)41(35,36)15-19-4-2-3-5-20(19)27/h2-12,24,28,40H,13-15H2,1H3,(H,32,33,34). The first-order valence-electron chi connectivity index (χ1n) is 12.1. The molecule has 0 saturated heterocycles. The molecule has 0 aliphatic rings. The highest BCUT2D eigenvalue weighted by Crippen LogP contribution is 2.38. The largest absolute Gasteiger partial charge is 0.422 e. The maximum Gasteiger partial charge on any atom is 0.241 e. The molecular formula is C26H24FN5O6S3. The summed E-state index contributed by atoms with van der Waals surface area (Å²) in [6.45, 7) is 0.311. The van der Waals surface area contributed by atoms with Crippen LogP contribution in [0.15, 0.2) is 71.1 Å². The zero-order valence-electron chi connectivity index (χ0n) is 21.5. The quantitative estimate of drug-likeness (QED) is 0.140. The average Bonchev–Trinajstić information content (AvgIpc) is 3.57. The van der Waals surface area contributed by atoms with Crippen LogP contribution >= 0.6 is 11.3 Å². The van der Waals surface area contributed by atoms with E-state index in [4.69, 9.17) is 9.15 Å². The van der Waals surface area contributed by atoms with Crippen LogP contribution in [0.25, 0.3) is 21.3 Å². The molecule has 0 saturated carbocycles. The Kier molecular flexibility index (Phi) is 8.82. The Labute approximate surface area is 240 Å². The number of halogens is 1. The van der Waals surface area contributed by atoms with Crippen molar-refractivity contribution in [1.29, 1.82) is 0 Å². The topological polar surface area (TPSA) is 153 Å². The predicted octanol–water partition coefficient (Wildman–Crippen LogP) is 3.46. The summed E-state index contributed by atoms with van der Waals surface area (Å²) in [4.78, 5) is 6.56. The van der Waals surface area contributed by atoms with E-state index in [1.165, 1.54) is 18.2 Å². The first-order valence-corrected chi connectivity index (χ1v) is 15.8. The van der Waals surface area contributed by atoms with Gasteiger partial charge in [0.2, 0.25) is 22.7 Å². The second-order valence-electron chi connectivity index (χ2n) is 8.90. The van der Waals surface area contributed by atoms with Crippen molar-refractivity contribution in [1.82, 2.24) is 25.4 Å². The molecule has 3 aromatic carbocycles. The number of nitrogens with one attached hydrogen (secondary N) is 2. The molecule has 214 valence electrons. The van der Waals surface area contributed by atoms with Crippen molar-refractivity contribution in [3.05, 3.63) is 100 Å². The number of thiazole rings is 1. The lowest BCUT2D eigenvalue weighted by atomic mass is 10.0. The molecule has 1 unspecified atom stereocenters. The van der Waals surface area contributed by atoms with Gasteiger partial charge >= 0.3 is 0 Å². The number of aromatic nitrogens is 3. The minimum Gasteiger partial charge on any atom is -0.422 e. The Balaban J connectivity index is 1.52. The maximum atomic E-state index is 14.4. The molecule has 41 heavy (non-hydrogen) atoms. The van der Waals surface area contributed by atoms with Crippen LogP contribution in [0.5, 0.6) is 0 Å². The van der Waals surface area contributed by atoms with Gasteiger partial charge in [-0.2, -0.15) is 4.83 Å². The van der Waals surface area contributed by atoms with Gasteiger partial charge in [0.1, 0.15) is 10.8 Å². The number of hydrazine groups is 1. The molecular weight excluding hydrogens is 594 g/mol. The average molecular weight is 618 g/mol. The highest BCUT2D eigenvalue weighted by atomic mass is 32.2. The van der Waals surface area contributed by atoms with Gasteiger partial charge in [-0.15, -0.1) is 21.5 Å². The second-order valence-corrected chi connectivity index (χ2v) is 12.8. The van der Waals surface area contributed by atoms with Gasteiger partial charge < -0.3 is 9.15 Å². The van der Waals surface area contributed by atoms with E-state index in [-0.39, 0.29) is 28.9 Å². The third-order valence-electron chi connectivity index (χ3n) is 6.02. The molecule has 15 heteroatoms. The number of hydrogen-bond acceptors (Lipinski definition) is 11. The minimum atomic E-state index is -4.18. The summed E-state index contributed by atoms with van der Waals surface area (Å²) < 4.78 is 75.0. The van der Waals surface area contributed by atoms with Gasteiger partial charge in [0.25, 0.3) is 0 Å². The highest BCUT2D eigenvalue weighted by molar-refractivity contribution is 7.91. The molecule has 2 aromatic heterocycles. The van der Waals surface area contributed by atoms with Crippen LogP contribution in [0.2, 0.25) is 0 Å². The van der Waals surface area contributed by atoms with Gasteiger partial charge in [0.15, 0.2) is 15.1 Å². The number of fused-ring (bicyclic) bond motifs is 1. The molecule has 0 radical (unpaired) electrons. The number of ether oxygens (including phenoxy) is 1. The normalized spacial score (nSPS) is 12.8. The number of nitrogens with zero attached hydrogens (tertiary/aromatic N) is 3. The minimum absolute atomic E-state index is 0.0114. The molecule has 0 spiro atoms. The molecule has 2 heterocycles. The number of hydrogen-bond donors (Lipinski definition) is 3. The maximum absolute atomic E-state index is 14.4. The Morgan fingerprint density at radius 1 is 1.05 bits per heavy atom. The lowest BCUT2D eigenvalue weighted by molar-refractivity contribution is 0.185. The van der Waals surface area contributed by atoms with Gasteiger partial charge in [0.05, 0.1) is 29.1 Å². The Bertz CT molecular complexity index is 1850. The molecule has 0 fully saturated rings. The zero-order valence-corrected chi connectivity index (χ0v) is 24.0. The molecule has 1 atom stereocenters. The van der Waals surface area contributed by atoms with Crippen LogP contribution in [-0.2, 0) is 44.4 Å². The fourth-order valence-corrected chi connectivity index (χ4v) is 7.52. The van der Waals surface area contributed by atoms with Crippen molar-refractivity contribution in [2.45, 2.75) is 24.2 Å². The molecule has 0 aliphatic carbocycles. The van der Waals surface area contributed by atoms with Crippen molar-refractivity contribution in [2.24, 2.45) is 0 Å². The van der Waals surface area contributed by atoms with Crippen molar-refractivity contribution in [3.8, 4) is 11.1 Å². The van der Waals surface area contributed by atoms with E-state index < -0.39 is 37.5 Å². The van der Waals surface area contributed by atoms with Gasteiger partial charge in [-0.25, -0.2) is 31.6 Å². The number of methoxy groups -OCH3 is 1. The summed E-state index contributed by atoms with van der Waals surface area (Å²) in [7, 11) is -5.46. The number of sulfone groups is 1. The SMILES string of the molecule is COCc1ccc(-c2ccc3nc(C(c4nnc(CNN[SH](=O)=O)o4)S(=O)(=O)Cc4ccccc4F)sc3c2)cc1. The monoisotopic (exact) mass is 617 g/mol. The highest BCUT2D eigenvalue weighted by Gasteiger charge is 2.37. The van der Waals surface area contributed by atoms with Crippen molar-refractivity contribution in [2.75, 3.05) is 7.11 Å². The Morgan fingerprint density at radius 2 is 1.80 bits per heavy atom. The predicted molar refractivity (Wildman–Crippen MR) is 151 cm³/mol. The Morgan fingerprint density at radius 3 is 2.54 bits per heavy atom. The van der Waals surface area contributed by atoms with Crippen LogP contribution < -0.4 is 10.3 Å². The number of benzene rings is 3. The zero-order chi connectivity index (χ0) is 29.0. The summed E-state index contributed by atoms with van der Waals surface area (Å²) in [6.07, 6.45) is 0. The van der Waals surface area contributed by atoms with E-state index in [9.17, 15) is 21.2 Å². The molecule has 0 aliphatic heterocycles. The van der Waals surface area contributed by atoms with Gasteiger partial charge in [0, 0.05) is 12.7 Å². The lowest BCUT2D eigenvalue weighted by Crippen LogP contribution is -2.29. The van der Waals surface area contributed by atoms with Gasteiger partial charge in [-0.1, -0.05) is 48.5 Å².